The number of amides is 3. The van der Waals surface area contributed by atoms with Crippen LogP contribution < -0.4 is 10.6 Å². The van der Waals surface area contributed by atoms with Crippen LogP contribution in [0.25, 0.3) is 0 Å². The summed E-state index contributed by atoms with van der Waals surface area (Å²) in [6.07, 6.45) is 4.44. The molecular formula is C10H15ClN4O2. The second kappa shape index (κ2) is 7.67. The molecular weight excluding hydrogens is 244 g/mol. The third-order valence-electron chi connectivity index (χ3n) is 1.98. The lowest BCUT2D eigenvalue weighted by Crippen LogP contribution is -2.40. The van der Waals surface area contributed by atoms with Crippen molar-refractivity contribution in [2.75, 3.05) is 12.4 Å². The number of imide groups is 1. The number of carbonyl (C=O) groups excluding carboxylic acids is 2. The van der Waals surface area contributed by atoms with Gasteiger partial charge in [-0.3, -0.25) is 14.8 Å². The highest BCUT2D eigenvalue weighted by Crippen LogP contribution is 1.88. The zero-order chi connectivity index (χ0) is 12.5. The molecule has 0 spiro atoms. The van der Waals surface area contributed by atoms with Crippen LogP contribution in [0.2, 0.25) is 0 Å². The number of hydrogen-bond acceptors (Lipinski definition) is 3. The highest BCUT2D eigenvalue weighted by Gasteiger charge is 2.05. The zero-order valence-corrected chi connectivity index (χ0v) is 10.1. The molecule has 17 heavy (non-hydrogen) atoms. The second-order valence-electron chi connectivity index (χ2n) is 3.37. The fourth-order valence-electron chi connectivity index (χ4n) is 1.19. The van der Waals surface area contributed by atoms with Gasteiger partial charge in [-0.05, 0) is 12.5 Å². The first kappa shape index (κ1) is 13.5. The third-order valence-corrected chi connectivity index (χ3v) is 2.17. The summed E-state index contributed by atoms with van der Waals surface area (Å²) >= 11 is 5.36. The lowest BCUT2D eigenvalue weighted by Gasteiger charge is -2.06. The Hall–Kier alpha value is -1.56. The van der Waals surface area contributed by atoms with Gasteiger partial charge in [0.25, 0.3) is 0 Å². The molecule has 0 aliphatic carbocycles. The van der Waals surface area contributed by atoms with Gasteiger partial charge in [0.1, 0.15) is 0 Å². The van der Waals surface area contributed by atoms with Crippen LogP contribution in [-0.4, -0.2) is 34.1 Å². The molecule has 0 fully saturated rings. The van der Waals surface area contributed by atoms with Crippen molar-refractivity contribution in [1.29, 1.82) is 0 Å². The quantitative estimate of drug-likeness (QED) is 0.583. The van der Waals surface area contributed by atoms with Crippen molar-refractivity contribution in [2.45, 2.75) is 19.4 Å². The van der Waals surface area contributed by atoms with Crippen LogP contribution in [0.5, 0.6) is 0 Å². The van der Waals surface area contributed by atoms with E-state index in [1.807, 2.05) is 12.3 Å². The minimum atomic E-state index is -0.486. The summed E-state index contributed by atoms with van der Waals surface area (Å²) in [7, 11) is 0. The predicted octanol–water partition coefficient (Wildman–Crippen LogP) is 0.728. The van der Waals surface area contributed by atoms with Gasteiger partial charge < -0.3 is 5.32 Å². The molecule has 0 saturated heterocycles. The first-order chi connectivity index (χ1) is 8.22. The molecule has 1 aromatic heterocycles. The first-order valence-electron chi connectivity index (χ1n) is 5.33. The van der Waals surface area contributed by atoms with Crippen LogP contribution >= 0.6 is 11.6 Å². The van der Waals surface area contributed by atoms with Gasteiger partial charge in [-0.25, -0.2) is 4.79 Å². The first-order valence-corrected chi connectivity index (χ1v) is 5.87. The van der Waals surface area contributed by atoms with E-state index in [9.17, 15) is 9.59 Å². The summed E-state index contributed by atoms with van der Waals surface area (Å²) in [5.74, 6) is -0.164. The van der Waals surface area contributed by atoms with Crippen LogP contribution in [0.15, 0.2) is 18.5 Å². The molecule has 94 valence electrons. The van der Waals surface area contributed by atoms with Crippen LogP contribution in [0.4, 0.5) is 4.79 Å². The number of nitrogens with one attached hydrogen (secondary N) is 2. The van der Waals surface area contributed by atoms with Crippen molar-refractivity contribution >= 4 is 23.5 Å². The molecule has 0 radical (unpaired) electrons. The largest absolute Gasteiger partial charge is 0.338 e. The summed E-state index contributed by atoms with van der Waals surface area (Å²) in [5.41, 5.74) is 0. The van der Waals surface area contributed by atoms with Crippen molar-refractivity contribution in [3.63, 3.8) is 0 Å². The molecule has 2 N–H and O–H groups in total. The van der Waals surface area contributed by atoms with E-state index in [4.69, 9.17) is 11.6 Å². The van der Waals surface area contributed by atoms with E-state index in [0.29, 0.717) is 6.54 Å². The van der Waals surface area contributed by atoms with Gasteiger partial charge in [0.2, 0.25) is 5.91 Å². The topological polar surface area (TPSA) is 76.0 Å². The molecule has 0 aromatic carbocycles. The molecule has 0 bridgehead atoms. The van der Waals surface area contributed by atoms with Crippen LogP contribution in [-0.2, 0) is 11.3 Å². The van der Waals surface area contributed by atoms with E-state index in [1.54, 1.807) is 10.9 Å². The number of halogens is 1. The number of aromatic nitrogens is 2. The van der Waals surface area contributed by atoms with Gasteiger partial charge in [-0.2, -0.15) is 5.10 Å². The molecule has 0 aliphatic heterocycles. The van der Waals surface area contributed by atoms with E-state index in [2.05, 4.69) is 15.7 Å². The number of alkyl halides is 1. The average molecular weight is 259 g/mol. The van der Waals surface area contributed by atoms with Crippen molar-refractivity contribution in [3.05, 3.63) is 18.5 Å². The van der Waals surface area contributed by atoms with Gasteiger partial charge in [-0.15, -0.1) is 11.6 Å². The van der Waals surface area contributed by atoms with Crippen molar-refractivity contribution in [1.82, 2.24) is 20.4 Å². The lowest BCUT2D eigenvalue weighted by atomic mass is 10.4. The Balaban J connectivity index is 2.06. The van der Waals surface area contributed by atoms with Crippen molar-refractivity contribution < 1.29 is 9.59 Å². The smallest absolute Gasteiger partial charge is 0.321 e. The molecule has 3 amide bonds. The second-order valence-corrected chi connectivity index (χ2v) is 3.74. The Morgan fingerprint density at radius 2 is 2.24 bits per heavy atom. The Labute approximate surface area is 104 Å². The maximum atomic E-state index is 11.2. The fourth-order valence-corrected chi connectivity index (χ4v) is 1.37. The monoisotopic (exact) mass is 258 g/mol. The summed E-state index contributed by atoms with van der Waals surface area (Å²) in [4.78, 5) is 22.2. The van der Waals surface area contributed by atoms with Gasteiger partial charge in [-0.1, -0.05) is 0 Å². The number of nitrogens with zero attached hydrogens (tertiary/aromatic N) is 2. The number of hydrogen-bond donors (Lipinski definition) is 2. The summed E-state index contributed by atoms with van der Waals surface area (Å²) in [6, 6.07) is 1.35. The summed E-state index contributed by atoms with van der Waals surface area (Å²) in [5, 5.41) is 8.78. The highest BCUT2D eigenvalue weighted by atomic mass is 35.5. The number of carbonyl (C=O) groups is 2. The van der Waals surface area contributed by atoms with E-state index in [1.165, 1.54) is 0 Å². The van der Waals surface area contributed by atoms with Gasteiger partial charge in [0.15, 0.2) is 0 Å². The van der Waals surface area contributed by atoms with Crippen LogP contribution in [0.3, 0.4) is 0 Å². The highest BCUT2D eigenvalue weighted by molar-refractivity contribution is 6.19. The lowest BCUT2D eigenvalue weighted by molar-refractivity contribution is -0.119. The number of urea groups is 1. The van der Waals surface area contributed by atoms with Crippen LogP contribution in [0, 0.1) is 0 Å². The number of rotatable bonds is 6. The fraction of sp³-hybridized carbons (Fsp3) is 0.500. The maximum Gasteiger partial charge on any atom is 0.321 e. The Kier molecular flexibility index (Phi) is 6.09. The molecule has 6 nitrogen and oxygen atoms in total. The molecule has 1 rings (SSSR count). The average Bonchev–Trinajstić information content (AvgIpc) is 2.77. The minimum Gasteiger partial charge on any atom is -0.338 e. The SMILES string of the molecule is O=C(CCCl)NC(=O)NCCCn1cccn1. The summed E-state index contributed by atoms with van der Waals surface area (Å²) < 4.78 is 1.78. The molecule has 0 unspecified atom stereocenters. The van der Waals surface area contributed by atoms with Crippen LogP contribution in [0.1, 0.15) is 12.8 Å². The Bertz CT molecular complexity index is 353. The predicted molar refractivity (Wildman–Crippen MR) is 63.7 cm³/mol. The van der Waals surface area contributed by atoms with Crippen molar-refractivity contribution in [3.8, 4) is 0 Å². The van der Waals surface area contributed by atoms with Gasteiger partial charge in [0.05, 0.1) is 0 Å². The van der Waals surface area contributed by atoms with Gasteiger partial charge >= 0.3 is 6.03 Å². The zero-order valence-electron chi connectivity index (χ0n) is 9.36. The van der Waals surface area contributed by atoms with Gasteiger partial charge in [0, 0.05) is 37.8 Å². The molecule has 1 aromatic rings. The number of aryl methyl sites for hydroxylation is 1. The normalized spacial score (nSPS) is 9.94. The maximum absolute atomic E-state index is 11.2. The molecule has 0 saturated carbocycles. The van der Waals surface area contributed by atoms with E-state index in [-0.39, 0.29) is 18.2 Å². The molecule has 0 aliphatic rings. The van der Waals surface area contributed by atoms with E-state index < -0.39 is 6.03 Å². The Morgan fingerprint density at radius 3 is 2.88 bits per heavy atom. The minimum absolute atomic E-state index is 0.141. The molecule has 0 atom stereocenters. The summed E-state index contributed by atoms with van der Waals surface area (Å²) in [6.45, 7) is 1.21. The molecule has 1 heterocycles. The third kappa shape index (κ3) is 5.91. The van der Waals surface area contributed by atoms with E-state index in [0.717, 1.165) is 13.0 Å². The standard InChI is InChI=1S/C10H15ClN4O2/c11-4-3-9(16)14-10(17)12-5-1-7-15-8-2-6-13-15/h2,6,8H,1,3-5,7H2,(H2,12,14,16,17). The van der Waals surface area contributed by atoms with Crippen molar-refractivity contribution in [2.24, 2.45) is 0 Å². The molecule has 7 heteroatoms. The Morgan fingerprint density at radius 1 is 1.41 bits per heavy atom. The van der Waals surface area contributed by atoms with E-state index >= 15 is 0 Å².